The highest BCUT2D eigenvalue weighted by Gasteiger charge is 2.46. The first-order chi connectivity index (χ1) is 60.9. The van der Waals surface area contributed by atoms with Crippen LogP contribution in [0.1, 0.15) is 51.1 Å². The molecule has 0 amide bonds. The molecule has 3 aromatic heterocycles. The van der Waals surface area contributed by atoms with Gasteiger partial charge in [0, 0.05) is 86.1 Å². The minimum Gasteiger partial charge on any atom is -0.456 e. The molecule has 0 saturated carbocycles. The van der Waals surface area contributed by atoms with Gasteiger partial charge in [-0.25, -0.2) is 4.85 Å². The molecule has 0 spiro atoms. The molecular weight excluding hydrogens is 1360 g/mol. The lowest BCUT2D eigenvalue weighted by molar-refractivity contribution is 0.591. The van der Waals surface area contributed by atoms with E-state index in [9.17, 15) is 24.5 Å². The summed E-state index contributed by atoms with van der Waals surface area (Å²) in [5.41, 5.74) is 15.5. The normalized spacial score (nSPS) is 14.3. The third-order valence-electron chi connectivity index (χ3n) is 22.6. The summed E-state index contributed by atoms with van der Waals surface area (Å²) in [5.74, 6) is 0. The smallest absolute Gasteiger partial charge is 0.252 e. The summed E-state index contributed by atoms with van der Waals surface area (Å²) >= 11 is 0. The fourth-order valence-electron chi connectivity index (χ4n) is 17.6. The molecule has 7 nitrogen and oxygen atoms in total. The molecule has 0 N–H and O–H groups in total. The van der Waals surface area contributed by atoms with Crippen molar-refractivity contribution in [2.45, 2.75) is 26.2 Å². The Kier molecular flexibility index (Phi) is 11.5. The highest BCUT2D eigenvalue weighted by molar-refractivity contribution is 7.00. The van der Waals surface area contributed by atoms with Gasteiger partial charge < -0.3 is 23.4 Å². The van der Waals surface area contributed by atoms with Gasteiger partial charge in [0.1, 0.15) is 11.2 Å². The molecule has 2 aliphatic heterocycles. The van der Waals surface area contributed by atoms with E-state index in [1.165, 1.54) is 0 Å². The summed E-state index contributed by atoms with van der Waals surface area (Å²) in [7, 11) is 0. The van der Waals surface area contributed by atoms with Gasteiger partial charge in [-0.3, -0.25) is 0 Å². The number of rotatable bonds is 9. The second-order valence-corrected chi connectivity index (χ2v) is 29.8. The molecule has 0 unspecified atom stereocenters. The van der Waals surface area contributed by atoms with Crippen molar-refractivity contribution < 1.29 is 23.6 Å². The van der Waals surface area contributed by atoms with E-state index in [0.29, 0.717) is 50.5 Å². The fraction of sp³-hybridized carbons (Fsp3) is 0.0385. The molecule has 112 heavy (non-hydrogen) atoms. The molecule has 0 fully saturated rings. The van der Waals surface area contributed by atoms with E-state index in [2.05, 4.69) is 175 Å². The van der Waals surface area contributed by atoms with Crippen molar-refractivity contribution in [3.8, 4) is 73.1 Å². The molecule has 0 atom stereocenters. The number of hydrogen-bond donors (Lipinski definition) is 0. The van der Waals surface area contributed by atoms with E-state index in [-0.39, 0.29) is 55.0 Å². The van der Waals surface area contributed by atoms with Gasteiger partial charge in [-0.2, -0.15) is 5.26 Å². The number of nitriles is 1. The van der Waals surface area contributed by atoms with Crippen LogP contribution in [0.4, 0.5) is 39.8 Å². The first-order valence-electron chi connectivity index (χ1n) is 44.2. The third-order valence-corrected chi connectivity index (χ3v) is 22.6. The maximum atomic E-state index is 10.8. The van der Waals surface area contributed by atoms with Crippen LogP contribution < -0.4 is 26.2 Å². The van der Waals surface area contributed by atoms with Crippen LogP contribution in [0.5, 0.6) is 0 Å². The average molecular weight is 1440 g/mol. The van der Waals surface area contributed by atoms with Crippen molar-refractivity contribution >= 4 is 150 Å². The lowest BCUT2D eigenvalue weighted by atomic mass is 9.33. The first-order valence-corrected chi connectivity index (χ1v) is 37.2. The second kappa shape index (κ2) is 24.9. The largest absolute Gasteiger partial charge is 0.456 e. The average Bonchev–Trinajstić information content (AvgIpc) is 1.09. The minimum absolute atomic E-state index is 0.0845. The van der Waals surface area contributed by atoms with Crippen molar-refractivity contribution in [2.24, 2.45) is 0 Å². The SMILES string of the molecule is [2H]c1c([2H])c([2H])c2c(c1[2H])c1c([2H])c(C#N)c([2H])c([2H])c1n2-c1ccc2c(c1)N(c1c(-c3ccccc3)cc(C(C)(C)C)cc1-c1ccccc1)c1cc(-c3ccc4oc5ccccc5c4c3)cc3c1B2c1ccc(-n2c4c([2H])c([2H])c([2H])c([2H])c4c4c([2H])c([N+]#[C-])c([2H])c([2H])c42)cc1N3c1c(-c2ccccc2)cccc1-c1cccc2ccc3ccccc3c12. The van der Waals surface area contributed by atoms with Crippen LogP contribution in [-0.4, -0.2) is 15.8 Å². The number of fused-ring (bicyclic) bond motifs is 16. The monoisotopic (exact) mass is 1440 g/mol. The molecule has 5 heterocycles. The maximum Gasteiger partial charge on any atom is 0.252 e. The molecule has 522 valence electrons. The molecule has 0 radical (unpaired) electrons. The Morgan fingerprint density at radius 2 is 0.911 bits per heavy atom. The highest BCUT2D eigenvalue weighted by atomic mass is 16.3. The summed E-state index contributed by atoms with van der Waals surface area (Å²) in [6.45, 7) is 14.1. The van der Waals surface area contributed by atoms with Gasteiger partial charge in [0.2, 0.25) is 0 Å². The number of nitrogens with zero attached hydrogens (tertiary/aromatic N) is 6. The highest BCUT2D eigenvalue weighted by Crippen LogP contribution is 2.56. The molecule has 0 aliphatic carbocycles. The Hall–Kier alpha value is -14.7. The molecule has 0 bridgehead atoms. The number of benzene rings is 17. The minimum atomic E-state index is -0.851. The van der Waals surface area contributed by atoms with Gasteiger partial charge in [-0.05, 0) is 197 Å². The Morgan fingerprint density at radius 3 is 1.54 bits per heavy atom. The van der Waals surface area contributed by atoms with Crippen LogP contribution in [0.25, 0.3) is 159 Å². The third kappa shape index (κ3) is 9.85. The van der Waals surface area contributed by atoms with Crippen molar-refractivity contribution in [1.29, 1.82) is 5.26 Å². The summed E-state index contributed by atoms with van der Waals surface area (Å²) in [5, 5.41) is 16.1. The van der Waals surface area contributed by atoms with Gasteiger partial charge in [-0.1, -0.05) is 263 Å². The van der Waals surface area contributed by atoms with Gasteiger partial charge in [0.15, 0.2) is 5.69 Å². The number of hydrogen-bond acceptors (Lipinski definition) is 4. The van der Waals surface area contributed by atoms with Crippen molar-refractivity contribution in [3.05, 3.63) is 374 Å². The summed E-state index contributed by atoms with van der Waals surface area (Å²) in [6.07, 6.45) is 0. The molecule has 8 heteroatoms. The first kappa shape index (κ1) is 51.6. The van der Waals surface area contributed by atoms with Crippen LogP contribution in [0.2, 0.25) is 0 Å². The number of anilines is 6. The molecule has 17 aromatic carbocycles. The van der Waals surface area contributed by atoms with Crippen molar-refractivity contribution in [3.63, 3.8) is 0 Å². The second-order valence-electron chi connectivity index (χ2n) is 29.8. The summed E-state index contributed by atoms with van der Waals surface area (Å²) in [4.78, 5) is 8.26. The summed E-state index contributed by atoms with van der Waals surface area (Å²) < 4.78 is 145. The van der Waals surface area contributed by atoms with Gasteiger partial charge in [-0.15, -0.1) is 0 Å². The van der Waals surface area contributed by atoms with Crippen molar-refractivity contribution in [1.82, 2.24) is 9.13 Å². The van der Waals surface area contributed by atoms with Crippen LogP contribution in [0.15, 0.2) is 356 Å². The Labute approximate surface area is 667 Å². The van der Waals surface area contributed by atoms with E-state index >= 15 is 0 Å². The molecule has 20 aromatic rings. The summed E-state index contributed by atoms with van der Waals surface area (Å²) in [6, 6.07) is 85.5. The Morgan fingerprint density at radius 1 is 0.393 bits per heavy atom. The van der Waals surface area contributed by atoms with E-state index in [1.807, 2.05) is 133 Å². The number of aromatic nitrogens is 2. The quantitative estimate of drug-likeness (QED) is 0.0821. The molecular formula is C104H67BN6O. The van der Waals surface area contributed by atoms with Crippen LogP contribution in [0, 0.1) is 17.9 Å². The predicted octanol–water partition coefficient (Wildman–Crippen LogP) is 26.2. The lowest BCUT2D eigenvalue weighted by Gasteiger charge is -2.46. The zero-order valence-corrected chi connectivity index (χ0v) is 60.6. The maximum absolute atomic E-state index is 10.8. The number of para-hydroxylation sites is 4. The van der Waals surface area contributed by atoms with Crippen LogP contribution in [0.3, 0.4) is 0 Å². The van der Waals surface area contributed by atoms with Crippen molar-refractivity contribution in [2.75, 3.05) is 9.80 Å². The standard InChI is InChI=1S/C104H67BN6O/c1-104(2,3)72-58-83(66-26-10-6-11-27-66)103(84(59-72)67-28-12-7-13-29-67)111-95-62-74(108-90-39-19-16-33-78(90)85-54-64(63-106)42-51-92(85)108)47-50-89(95)105-88-49-48-75(109-91-40-20-17-34-79(91)86-60-73(107-4)46-52-93(86)109)61-94(88)110(96-56-71(57-97(111)101(96)105)70-45-53-99-87(55-70)80-35-18-21-41-98(80)112-99)102-77(65-24-8-5-9-25-65)36-23-38-82(102)81-37-22-31-69-44-43-68-30-14-15-32-76(68)100(69)81/h5-62H,1-3H3/i16D,17D,19D,20D,33D,34D,39D,40D,42D,46D,51D,52D,54D,60D. The van der Waals surface area contributed by atoms with Gasteiger partial charge in [0.05, 0.1) is 68.1 Å². The zero-order chi connectivity index (χ0) is 86.8. The van der Waals surface area contributed by atoms with E-state index in [4.69, 9.17) is 11.0 Å². The van der Waals surface area contributed by atoms with E-state index < -0.39 is 108 Å². The predicted molar refractivity (Wildman–Crippen MR) is 468 cm³/mol. The van der Waals surface area contributed by atoms with Gasteiger partial charge in [0.25, 0.3) is 6.71 Å². The Balaban J connectivity index is 0.974. The number of furan rings is 1. The Bertz CT molecular complexity index is 8320. The zero-order valence-electron chi connectivity index (χ0n) is 74.6. The molecule has 22 rings (SSSR count). The molecule has 2 aliphatic rings. The van der Waals surface area contributed by atoms with Crippen LogP contribution >= 0.6 is 0 Å². The van der Waals surface area contributed by atoms with E-state index in [0.717, 1.165) is 105 Å². The van der Waals surface area contributed by atoms with Gasteiger partial charge >= 0.3 is 0 Å². The molecule has 0 saturated heterocycles. The topological polar surface area (TPSA) is 57.6 Å². The lowest BCUT2D eigenvalue weighted by Crippen LogP contribution is -2.61. The fourth-order valence-corrected chi connectivity index (χ4v) is 17.6. The van der Waals surface area contributed by atoms with Crippen LogP contribution in [-0.2, 0) is 5.41 Å². The van der Waals surface area contributed by atoms with E-state index in [1.54, 1.807) is 9.13 Å².